The van der Waals surface area contributed by atoms with Crippen LogP contribution in [0.25, 0.3) is 0 Å². The first-order chi connectivity index (χ1) is 18.3. The lowest BCUT2D eigenvalue weighted by Crippen LogP contribution is -2.62. The maximum atomic E-state index is 13.5. The third-order valence-electron chi connectivity index (χ3n) is 12.6. The summed E-state index contributed by atoms with van der Waals surface area (Å²) in [5, 5.41) is 10.4. The zero-order valence-electron chi connectivity index (χ0n) is 25.5. The molecule has 1 N–H and O–H groups in total. The summed E-state index contributed by atoms with van der Waals surface area (Å²) in [6.07, 6.45) is 17.8. The first kappa shape index (κ1) is 28.4. The molecule has 6 atom stereocenters. The zero-order chi connectivity index (χ0) is 28.4. The number of hydrogen-bond acceptors (Lipinski definition) is 4. The number of unbranched alkanes of at least 4 members (excludes halogenated alkanes) is 3. The number of allylic oxidation sites excluding steroid dienone is 7. The van der Waals surface area contributed by atoms with E-state index in [0.717, 1.165) is 68.9 Å². The minimum Gasteiger partial charge on any atom is -0.504 e. The first-order valence-corrected chi connectivity index (χ1v) is 15.5. The van der Waals surface area contributed by atoms with Crippen molar-refractivity contribution in [2.24, 2.45) is 33.0 Å². The van der Waals surface area contributed by atoms with Gasteiger partial charge in [-0.1, -0.05) is 71.6 Å². The number of ketones is 1. The van der Waals surface area contributed by atoms with Crippen LogP contribution in [-0.4, -0.2) is 23.5 Å². The Bertz CT molecular complexity index is 1200. The number of esters is 1. The van der Waals surface area contributed by atoms with Crippen molar-refractivity contribution >= 4 is 11.8 Å². The molecule has 0 aromatic carbocycles. The van der Waals surface area contributed by atoms with Crippen LogP contribution >= 0.6 is 0 Å². The molecule has 5 aliphatic rings. The minimum absolute atomic E-state index is 0.00923. The highest BCUT2D eigenvalue weighted by Crippen LogP contribution is 2.75. The van der Waals surface area contributed by atoms with Crippen molar-refractivity contribution in [1.82, 2.24) is 0 Å². The number of carbonyl (C=O) groups excluding carboxylic acids is 2. The van der Waals surface area contributed by atoms with Crippen molar-refractivity contribution in [3.63, 3.8) is 0 Å². The summed E-state index contributed by atoms with van der Waals surface area (Å²) >= 11 is 0. The van der Waals surface area contributed by atoms with Crippen molar-refractivity contribution in [2.45, 2.75) is 119 Å². The van der Waals surface area contributed by atoms with E-state index in [-0.39, 0.29) is 39.2 Å². The van der Waals surface area contributed by atoms with Crippen molar-refractivity contribution in [3.05, 3.63) is 46.3 Å². The molecular weight excluding hydrogens is 484 g/mol. The smallest absolute Gasteiger partial charge is 0.311 e. The Balaban J connectivity index is 1.47. The van der Waals surface area contributed by atoms with Gasteiger partial charge in [-0.3, -0.25) is 9.59 Å². The average molecular weight is 535 g/mol. The fourth-order valence-corrected chi connectivity index (χ4v) is 9.51. The Hall–Kier alpha value is -2.10. The van der Waals surface area contributed by atoms with Crippen molar-refractivity contribution < 1.29 is 19.4 Å². The van der Waals surface area contributed by atoms with E-state index < -0.39 is 5.41 Å². The van der Waals surface area contributed by atoms with Gasteiger partial charge in [0.1, 0.15) is 0 Å². The molecule has 0 spiro atoms. The van der Waals surface area contributed by atoms with Crippen LogP contribution in [0, 0.1) is 33.0 Å². The highest BCUT2D eigenvalue weighted by atomic mass is 16.5. The molecule has 0 aromatic heterocycles. The number of carbonyl (C=O) groups is 2. The highest BCUT2D eigenvalue weighted by molar-refractivity contribution is 6.06. The molecule has 5 aliphatic carbocycles. The molecule has 214 valence electrons. The van der Waals surface area contributed by atoms with E-state index in [1.807, 2.05) is 6.92 Å². The summed E-state index contributed by atoms with van der Waals surface area (Å²) in [5.41, 5.74) is 3.82. The van der Waals surface area contributed by atoms with Gasteiger partial charge >= 0.3 is 5.97 Å². The fraction of sp³-hybridized carbons (Fsp3) is 0.714. The monoisotopic (exact) mass is 534 g/mol. The minimum atomic E-state index is -0.428. The Labute approximate surface area is 236 Å². The lowest BCUT2D eigenvalue weighted by Gasteiger charge is -2.70. The average Bonchev–Trinajstić information content (AvgIpc) is 2.90. The summed E-state index contributed by atoms with van der Waals surface area (Å²) in [5.74, 6) is 0.0474. The molecule has 5 rings (SSSR count). The number of rotatable bonds is 6. The highest BCUT2D eigenvalue weighted by Gasteiger charge is 2.67. The second-order valence-electron chi connectivity index (χ2n) is 14.8. The second kappa shape index (κ2) is 9.48. The molecule has 3 fully saturated rings. The molecule has 39 heavy (non-hydrogen) atoms. The Kier molecular flexibility index (Phi) is 6.91. The van der Waals surface area contributed by atoms with E-state index in [1.54, 1.807) is 6.08 Å². The lowest BCUT2D eigenvalue weighted by atomic mass is 9.34. The van der Waals surface area contributed by atoms with Gasteiger partial charge in [0.05, 0.1) is 12.0 Å². The summed E-state index contributed by atoms with van der Waals surface area (Å²) in [4.78, 5) is 26.2. The summed E-state index contributed by atoms with van der Waals surface area (Å²) < 4.78 is 5.91. The van der Waals surface area contributed by atoms with E-state index in [9.17, 15) is 14.7 Å². The quantitative estimate of drug-likeness (QED) is 0.273. The normalized spacial score (nSPS) is 41.4. The molecule has 4 nitrogen and oxygen atoms in total. The molecule has 3 saturated carbocycles. The standard InChI is InChI=1S/C35H50O4/c1-8-9-10-11-20-39-30(38)32(4)15-14-31(3)16-18-34(6)27-13-12-24-23(2)29(37)26(36)21-25(24)33(27,5)17-19-35(34,7)28(31)22-32/h12-13,21,28,37H,8-11,14-20,22H2,1-7H3/t28-,31-,32-,33+,34-,35+/m1/s1. The van der Waals surface area contributed by atoms with E-state index in [4.69, 9.17) is 4.74 Å². The van der Waals surface area contributed by atoms with E-state index >= 15 is 0 Å². The van der Waals surface area contributed by atoms with Crippen LogP contribution in [0.2, 0.25) is 0 Å². The van der Waals surface area contributed by atoms with Gasteiger partial charge < -0.3 is 9.84 Å². The number of hydrogen-bond donors (Lipinski definition) is 1. The molecule has 0 bridgehead atoms. The van der Waals surface area contributed by atoms with Gasteiger partial charge in [0, 0.05) is 11.0 Å². The van der Waals surface area contributed by atoms with Crippen molar-refractivity contribution in [2.75, 3.05) is 6.61 Å². The first-order valence-electron chi connectivity index (χ1n) is 15.5. The maximum absolute atomic E-state index is 13.5. The van der Waals surface area contributed by atoms with Gasteiger partial charge in [0.2, 0.25) is 5.78 Å². The Morgan fingerprint density at radius 2 is 1.69 bits per heavy atom. The zero-order valence-corrected chi connectivity index (χ0v) is 25.5. The lowest BCUT2D eigenvalue weighted by molar-refractivity contribution is -0.182. The van der Waals surface area contributed by atoms with Gasteiger partial charge in [-0.2, -0.15) is 0 Å². The molecule has 0 aromatic rings. The molecular formula is C35H50O4. The third-order valence-corrected chi connectivity index (χ3v) is 12.6. The number of aliphatic hydroxyl groups is 1. The molecule has 0 amide bonds. The number of aliphatic hydroxyl groups excluding tert-OH is 1. The van der Waals surface area contributed by atoms with Crippen LogP contribution in [0.1, 0.15) is 119 Å². The van der Waals surface area contributed by atoms with Gasteiger partial charge in [0.25, 0.3) is 0 Å². The molecule has 4 heteroatoms. The summed E-state index contributed by atoms with van der Waals surface area (Å²) in [6.45, 7) is 16.6. The molecule has 0 saturated heterocycles. The Morgan fingerprint density at radius 1 is 0.974 bits per heavy atom. The number of ether oxygens (including phenoxy) is 1. The van der Waals surface area contributed by atoms with Gasteiger partial charge in [-0.05, 0) is 105 Å². The Morgan fingerprint density at radius 3 is 2.41 bits per heavy atom. The van der Waals surface area contributed by atoms with E-state index in [2.05, 4.69) is 53.7 Å². The van der Waals surface area contributed by atoms with E-state index in [1.165, 1.54) is 18.4 Å². The van der Waals surface area contributed by atoms with Crippen LogP contribution in [0.15, 0.2) is 46.3 Å². The molecule has 0 unspecified atom stereocenters. The van der Waals surface area contributed by atoms with Crippen molar-refractivity contribution in [3.8, 4) is 0 Å². The summed E-state index contributed by atoms with van der Waals surface area (Å²) in [7, 11) is 0. The van der Waals surface area contributed by atoms with Crippen LogP contribution < -0.4 is 0 Å². The van der Waals surface area contributed by atoms with Gasteiger partial charge in [-0.15, -0.1) is 0 Å². The molecule has 0 heterocycles. The molecule has 0 radical (unpaired) electrons. The predicted octanol–water partition coefficient (Wildman–Crippen LogP) is 8.74. The second-order valence-corrected chi connectivity index (χ2v) is 14.8. The van der Waals surface area contributed by atoms with Crippen molar-refractivity contribution in [1.29, 1.82) is 0 Å². The fourth-order valence-electron chi connectivity index (χ4n) is 9.51. The van der Waals surface area contributed by atoms with Gasteiger partial charge in [0.15, 0.2) is 5.76 Å². The topological polar surface area (TPSA) is 63.6 Å². The largest absolute Gasteiger partial charge is 0.504 e. The SMILES string of the molecule is CCCCCCOC(=O)[C@]1(C)CC[C@]2(C)CC[C@]3(C)C4=CC=C5C(=CC(=O)C(O)=C5C)[C@]4(C)CC[C@@]3(C)[C@@H]2C1. The van der Waals surface area contributed by atoms with Crippen LogP contribution in [0.5, 0.6) is 0 Å². The van der Waals surface area contributed by atoms with Gasteiger partial charge in [-0.25, -0.2) is 0 Å². The van der Waals surface area contributed by atoms with Crippen LogP contribution in [0.3, 0.4) is 0 Å². The third kappa shape index (κ3) is 4.05. The maximum Gasteiger partial charge on any atom is 0.311 e. The van der Waals surface area contributed by atoms with E-state index in [0.29, 0.717) is 18.1 Å². The van der Waals surface area contributed by atoms with Crippen LogP contribution in [-0.2, 0) is 14.3 Å². The number of fused-ring (bicyclic) bond motifs is 7. The molecule has 0 aliphatic heterocycles. The predicted molar refractivity (Wildman–Crippen MR) is 156 cm³/mol. The van der Waals surface area contributed by atoms with Crippen LogP contribution in [0.4, 0.5) is 0 Å². The summed E-state index contributed by atoms with van der Waals surface area (Å²) in [6, 6.07) is 0.